The average Bonchev–Trinajstić information content (AvgIpc) is 2.37. The quantitative estimate of drug-likeness (QED) is 0.853. The lowest BCUT2D eigenvalue weighted by Crippen LogP contribution is -2.52. The third-order valence-electron chi connectivity index (χ3n) is 3.52. The van der Waals surface area contributed by atoms with E-state index in [1.54, 1.807) is 0 Å². The lowest BCUT2D eigenvalue weighted by molar-refractivity contribution is -0.144. The molecule has 1 aromatic rings. The van der Waals surface area contributed by atoms with E-state index in [2.05, 4.69) is 0 Å². The summed E-state index contributed by atoms with van der Waals surface area (Å²) in [5, 5.41) is 0.735. The number of aryl methyl sites for hydroxylation is 1. The van der Waals surface area contributed by atoms with Gasteiger partial charge in [0.25, 0.3) is 0 Å². The van der Waals surface area contributed by atoms with E-state index >= 15 is 0 Å². The van der Waals surface area contributed by atoms with Crippen LogP contribution in [0, 0.1) is 0 Å². The van der Waals surface area contributed by atoms with Crippen LogP contribution < -0.4 is 0 Å². The normalized spacial score (nSPS) is 23.4. The van der Waals surface area contributed by atoms with Gasteiger partial charge < -0.3 is 9.64 Å². The number of nitrogens with zero attached hydrogens (tertiary/aromatic N) is 1. The van der Waals surface area contributed by atoms with Gasteiger partial charge in [-0.3, -0.25) is 4.79 Å². The number of ether oxygens (including phenoxy) is 1. The zero-order chi connectivity index (χ0) is 13.8. The topological polar surface area (TPSA) is 29.5 Å². The van der Waals surface area contributed by atoms with Gasteiger partial charge in [0, 0.05) is 11.4 Å². The van der Waals surface area contributed by atoms with Crippen molar-refractivity contribution in [1.82, 2.24) is 4.90 Å². The molecule has 1 fully saturated rings. The standard InChI is InChI=1S/C15H20ClNO2/c1-11-9-19-10-12(2)17(11)15(18)8-7-13-5-3-4-6-14(13)16/h3-6,11-12H,7-10H2,1-2H3. The number of carbonyl (C=O) groups is 1. The third-order valence-corrected chi connectivity index (χ3v) is 3.89. The summed E-state index contributed by atoms with van der Waals surface area (Å²) in [6.45, 7) is 5.32. The molecule has 0 bridgehead atoms. The van der Waals surface area contributed by atoms with E-state index in [1.165, 1.54) is 0 Å². The van der Waals surface area contributed by atoms with Gasteiger partial charge in [0.05, 0.1) is 25.3 Å². The molecule has 2 unspecified atom stereocenters. The number of carbonyl (C=O) groups excluding carboxylic acids is 1. The predicted molar refractivity (Wildman–Crippen MR) is 76.4 cm³/mol. The Kier molecular flexibility index (Phi) is 4.83. The largest absolute Gasteiger partial charge is 0.377 e. The number of benzene rings is 1. The van der Waals surface area contributed by atoms with E-state index in [0.29, 0.717) is 26.1 Å². The molecular weight excluding hydrogens is 262 g/mol. The molecule has 0 saturated carbocycles. The molecular formula is C15H20ClNO2. The molecule has 0 aromatic heterocycles. The molecule has 0 radical (unpaired) electrons. The highest BCUT2D eigenvalue weighted by Crippen LogP contribution is 2.19. The van der Waals surface area contributed by atoms with Crippen LogP contribution in [0.15, 0.2) is 24.3 Å². The van der Waals surface area contributed by atoms with Gasteiger partial charge in [0.1, 0.15) is 0 Å². The molecule has 0 aliphatic carbocycles. The van der Waals surface area contributed by atoms with E-state index in [-0.39, 0.29) is 18.0 Å². The van der Waals surface area contributed by atoms with Crippen LogP contribution in [0.1, 0.15) is 25.8 Å². The minimum absolute atomic E-state index is 0.155. The first kappa shape index (κ1) is 14.4. The number of amides is 1. The summed E-state index contributed by atoms with van der Waals surface area (Å²) in [6, 6.07) is 8.00. The highest BCUT2D eigenvalue weighted by molar-refractivity contribution is 6.31. The molecule has 4 heteroatoms. The van der Waals surface area contributed by atoms with Crippen LogP contribution in [0.4, 0.5) is 0 Å². The van der Waals surface area contributed by atoms with Crippen LogP contribution in [-0.4, -0.2) is 36.1 Å². The number of morpholine rings is 1. The van der Waals surface area contributed by atoms with E-state index in [1.807, 2.05) is 43.0 Å². The Bertz CT molecular complexity index is 440. The molecule has 0 N–H and O–H groups in total. The zero-order valence-electron chi connectivity index (χ0n) is 11.4. The van der Waals surface area contributed by atoms with Crippen LogP contribution in [0.3, 0.4) is 0 Å². The Balaban J connectivity index is 1.95. The molecule has 1 amide bonds. The molecule has 1 aliphatic rings. The molecule has 1 saturated heterocycles. The summed E-state index contributed by atoms with van der Waals surface area (Å²) in [7, 11) is 0. The Morgan fingerprint density at radius 3 is 2.58 bits per heavy atom. The maximum atomic E-state index is 12.3. The van der Waals surface area contributed by atoms with Crippen LogP contribution in [-0.2, 0) is 16.0 Å². The number of hydrogen-bond acceptors (Lipinski definition) is 2. The first-order chi connectivity index (χ1) is 9.09. The van der Waals surface area contributed by atoms with Crippen LogP contribution in [0.25, 0.3) is 0 Å². The lowest BCUT2D eigenvalue weighted by atomic mass is 10.1. The van der Waals surface area contributed by atoms with Gasteiger partial charge in [-0.25, -0.2) is 0 Å². The Morgan fingerprint density at radius 1 is 1.32 bits per heavy atom. The third kappa shape index (κ3) is 3.48. The first-order valence-electron chi connectivity index (χ1n) is 6.72. The molecule has 1 aliphatic heterocycles. The predicted octanol–water partition coefficient (Wildman–Crippen LogP) is 2.91. The second-order valence-corrected chi connectivity index (χ2v) is 5.54. The monoisotopic (exact) mass is 281 g/mol. The highest BCUT2D eigenvalue weighted by atomic mass is 35.5. The van der Waals surface area contributed by atoms with E-state index in [0.717, 1.165) is 10.6 Å². The van der Waals surface area contributed by atoms with Crippen molar-refractivity contribution in [3.63, 3.8) is 0 Å². The number of rotatable bonds is 3. The van der Waals surface area contributed by atoms with Gasteiger partial charge in [-0.15, -0.1) is 0 Å². The smallest absolute Gasteiger partial charge is 0.223 e. The summed E-state index contributed by atoms with van der Waals surface area (Å²) >= 11 is 6.11. The van der Waals surface area contributed by atoms with Crippen molar-refractivity contribution < 1.29 is 9.53 Å². The fourth-order valence-electron chi connectivity index (χ4n) is 2.57. The van der Waals surface area contributed by atoms with Crippen molar-refractivity contribution >= 4 is 17.5 Å². The summed E-state index contributed by atoms with van der Waals surface area (Å²) in [5.74, 6) is 0.184. The van der Waals surface area contributed by atoms with Gasteiger partial charge >= 0.3 is 0 Å². The van der Waals surface area contributed by atoms with Crippen molar-refractivity contribution in [2.45, 2.75) is 38.8 Å². The van der Waals surface area contributed by atoms with Gasteiger partial charge in [0.2, 0.25) is 5.91 Å². The molecule has 2 atom stereocenters. The minimum Gasteiger partial charge on any atom is -0.377 e. The molecule has 0 spiro atoms. The lowest BCUT2D eigenvalue weighted by Gasteiger charge is -2.39. The molecule has 104 valence electrons. The molecule has 19 heavy (non-hydrogen) atoms. The molecule has 1 heterocycles. The summed E-state index contributed by atoms with van der Waals surface area (Å²) in [6.07, 6.45) is 1.19. The zero-order valence-corrected chi connectivity index (χ0v) is 12.2. The number of hydrogen-bond donors (Lipinski definition) is 0. The van der Waals surface area contributed by atoms with Gasteiger partial charge in [-0.2, -0.15) is 0 Å². The number of halogens is 1. The van der Waals surface area contributed by atoms with Crippen LogP contribution in [0.5, 0.6) is 0 Å². The van der Waals surface area contributed by atoms with Crippen LogP contribution >= 0.6 is 11.6 Å². The van der Waals surface area contributed by atoms with E-state index < -0.39 is 0 Å². The van der Waals surface area contributed by atoms with Crippen LogP contribution in [0.2, 0.25) is 5.02 Å². The van der Waals surface area contributed by atoms with Crippen molar-refractivity contribution in [3.05, 3.63) is 34.9 Å². The second-order valence-electron chi connectivity index (χ2n) is 5.13. The maximum absolute atomic E-state index is 12.3. The molecule has 3 nitrogen and oxygen atoms in total. The molecule has 1 aromatic carbocycles. The van der Waals surface area contributed by atoms with Crippen molar-refractivity contribution in [1.29, 1.82) is 0 Å². The Morgan fingerprint density at radius 2 is 1.95 bits per heavy atom. The fraction of sp³-hybridized carbons (Fsp3) is 0.533. The van der Waals surface area contributed by atoms with Crippen molar-refractivity contribution in [3.8, 4) is 0 Å². The average molecular weight is 282 g/mol. The van der Waals surface area contributed by atoms with Crippen molar-refractivity contribution in [2.24, 2.45) is 0 Å². The van der Waals surface area contributed by atoms with E-state index in [9.17, 15) is 4.79 Å². The summed E-state index contributed by atoms with van der Waals surface area (Å²) in [5.41, 5.74) is 1.03. The first-order valence-corrected chi connectivity index (χ1v) is 7.09. The molecule has 2 rings (SSSR count). The minimum atomic E-state index is 0.155. The highest BCUT2D eigenvalue weighted by Gasteiger charge is 2.29. The summed E-state index contributed by atoms with van der Waals surface area (Å²) < 4.78 is 5.44. The fourth-order valence-corrected chi connectivity index (χ4v) is 2.80. The second kappa shape index (κ2) is 6.40. The Hall–Kier alpha value is -1.06. The van der Waals surface area contributed by atoms with E-state index in [4.69, 9.17) is 16.3 Å². The van der Waals surface area contributed by atoms with Crippen molar-refractivity contribution in [2.75, 3.05) is 13.2 Å². The van der Waals surface area contributed by atoms with Gasteiger partial charge in [-0.1, -0.05) is 29.8 Å². The summed E-state index contributed by atoms with van der Waals surface area (Å²) in [4.78, 5) is 14.3. The van der Waals surface area contributed by atoms with Gasteiger partial charge in [0.15, 0.2) is 0 Å². The van der Waals surface area contributed by atoms with Gasteiger partial charge in [-0.05, 0) is 31.9 Å². The maximum Gasteiger partial charge on any atom is 0.223 e. The Labute approximate surface area is 119 Å². The SMILES string of the molecule is CC1COCC(C)N1C(=O)CCc1ccccc1Cl.